The highest BCUT2D eigenvalue weighted by Gasteiger charge is 2.28. The quantitative estimate of drug-likeness (QED) is 0.244. The molecule has 1 heterocycles. The predicted octanol–water partition coefficient (Wildman–Crippen LogP) is 7.92. The molecule has 0 aliphatic heterocycles. The molecule has 0 radical (unpaired) electrons. The van der Waals surface area contributed by atoms with E-state index in [1.54, 1.807) is 0 Å². The van der Waals surface area contributed by atoms with Gasteiger partial charge in [0.05, 0.1) is 10.9 Å². The van der Waals surface area contributed by atoms with E-state index in [1.165, 1.54) is 36.2 Å². The Kier molecular flexibility index (Phi) is 4.98. The Morgan fingerprint density at radius 2 is 1.53 bits per heavy atom. The lowest BCUT2D eigenvalue weighted by atomic mass is 10.0. The zero-order chi connectivity index (χ0) is 21.8. The summed E-state index contributed by atoms with van der Waals surface area (Å²) in [7, 11) is -0.130. The first-order valence-electron chi connectivity index (χ1n) is 10.4. The molecule has 0 saturated carbocycles. The fraction of sp³-hybridized carbons (Fsp3) is 0.296. The number of carbonyl (C=O) groups excluding carboxylic acids is 1. The van der Waals surface area contributed by atoms with Gasteiger partial charge in [0.15, 0.2) is 14.5 Å². The third-order valence-corrected chi connectivity index (χ3v) is 8.07. The van der Waals surface area contributed by atoms with Crippen LogP contribution in [0.4, 0.5) is 0 Å². The SMILES string of the molecule is Cc1cc(-[s+]2c(C)c(C)c3c4ccccc4ccc32)cc(C)c1C(=O)OC(C)(C)C. The Bertz CT molecular complexity index is 1280. The van der Waals surface area contributed by atoms with Crippen molar-refractivity contribution in [2.45, 2.75) is 54.1 Å². The largest absolute Gasteiger partial charge is 0.456 e. The van der Waals surface area contributed by atoms with Gasteiger partial charge < -0.3 is 4.74 Å². The third-order valence-electron chi connectivity index (χ3n) is 5.66. The van der Waals surface area contributed by atoms with E-state index in [-0.39, 0.29) is 16.4 Å². The molecule has 0 aliphatic rings. The van der Waals surface area contributed by atoms with Crippen molar-refractivity contribution in [3.63, 3.8) is 0 Å². The smallest absolute Gasteiger partial charge is 0.339 e. The second-order valence-corrected chi connectivity index (χ2v) is 11.2. The number of benzene rings is 3. The summed E-state index contributed by atoms with van der Waals surface area (Å²) >= 11 is 0. The van der Waals surface area contributed by atoms with Crippen molar-refractivity contribution in [3.05, 3.63) is 75.7 Å². The number of hydrogen-bond acceptors (Lipinski definition) is 2. The van der Waals surface area contributed by atoms with E-state index in [0.717, 1.165) is 11.1 Å². The van der Waals surface area contributed by atoms with Crippen LogP contribution in [0.2, 0.25) is 0 Å². The minimum Gasteiger partial charge on any atom is -0.456 e. The van der Waals surface area contributed by atoms with Crippen molar-refractivity contribution < 1.29 is 9.53 Å². The second-order valence-electron chi connectivity index (χ2n) is 9.08. The van der Waals surface area contributed by atoms with Gasteiger partial charge in [0, 0.05) is 35.1 Å². The number of aryl methyl sites for hydroxylation is 3. The third kappa shape index (κ3) is 3.41. The molecule has 1 atom stereocenters. The monoisotopic (exact) mass is 417 g/mol. The van der Waals surface area contributed by atoms with E-state index in [2.05, 4.69) is 62.4 Å². The highest BCUT2D eigenvalue weighted by atomic mass is 32.2. The molecule has 2 nitrogen and oxygen atoms in total. The summed E-state index contributed by atoms with van der Waals surface area (Å²) in [4.78, 5) is 15.4. The number of fused-ring (bicyclic) bond motifs is 3. The molecule has 1 aromatic heterocycles. The van der Waals surface area contributed by atoms with Gasteiger partial charge in [-0.25, -0.2) is 4.79 Å². The van der Waals surface area contributed by atoms with Crippen molar-refractivity contribution in [3.8, 4) is 4.90 Å². The van der Waals surface area contributed by atoms with Crippen LogP contribution in [0, 0.1) is 27.7 Å². The summed E-state index contributed by atoms with van der Waals surface area (Å²) in [6, 6.07) is 17.5. The van der Waals surface area contributed by atoms with E-state index < -0.39 is 5.60 Å². The van der Waals surface area contributed by atoms with Crippen LogP contribution in [0.15, 0.2) is 48.5 Å². The first-order valence-corrected chi connectivity index (χ1v) is 11.6. The van der Waals surface area contributed by atoms with Gasteiger partial charge in [0.1, 0.15) is 5.60 Å². The van der Waals surface area contributed by atoms with E-state index in [4.69, 9.17) is 4.74 Å². The number of carbonyl (C=O) groups is 1. The number of ether oxygens (including phenoxy) is 1. The van der Waals surface area contributed by atoms with Crippen LogP contribution in [-0.4, -0.2) is 11.6 Å². The van der Waals surface area contributed by atoms with Crippen LogP contribution < -0.4 is 0 Å². The standard InChI is InChI=1S/C27H29O2S/c1-16-14-21(15-17(2)24(16)26(28)29-27(5,6)7)30-19(4)18(3)25-22-11-9-8-10-20(22)12-13-23(25)30/h8-15H,1-7H3/q+1. The highest BCUT2D eigenvalue weighted by Crippen LogP contribution is 2.48. The molecule has 0 bridgehead atoms. The van der Waals surface area contributed by atoms with Gasteiger partial charge in [-0.3, -0.25) is 0 Å². The maximum atomic E-state index is 12.8. The minimum atomic E-state index is -0.502. The molecule has 0 fully saturated rings. The molecule has 0 saturated heterocycles. The first kappa shape index (κ1) is 20.6. The van der Waals surface area contributed by atoms with Crippen LogP contribution in [-0.2, 0) is 4.74 Å². The molecule has 3 aromatic carbocycles. The Labute approximate surface area is 181 Å². The number of rotatable bonds is 2. The van der Waals surface area contributed by atoms with Gasteiger partial charge in [-0.05, 0) is 75.6 Å². The zero-order valence-corrected chi connectivity index (χ0v) is 19.7. The summed E-state index contributed by atoms with van der Waals surface area (Å²) < 4.78 is 7.03. The first-order chi connectivity index (χ1) is 14.1. The molecule has 1 unspecified atom stereocenters. The Hall–Kier alpha value is -2.65. The number of esters is 1. The maximum absolute atomic E-state index is 12.8. The number of hydrogen-bond donors (Lipinski definition) is 0. The van der Waals surface area contributed by atoms with Crippen LogP contribution in [0.5, 0.6) is 0 Å². The Balaban J connectivity index is 1.92. The zero-order valence-electron chi connectivity index (χ0n) is 18.8. The Morgan fingerprint density at radius 1 is 0.900 bits per heavy atom. The average molecular weight is 418 g/mol. The molecule has 4 rings (SSSR count). The van der Waals surface area contributed by atoms with E-state index >= 15 is 0 Å². The van der Waals surface area contributed by atoms with Gasteiger partial charge in [-0.1, -0.05) is 24.3 Å². The van der Waals surface area contributed by atoms with Crippen molar-refractivity contribution in [2.24, 2.45) is 0 Å². The topological polar surface area (TPSA) is 26.3 Å². The molecule has 3 heteroatoms. The molecule has 0 aliphatic carbocycles. The van der Waals surface area contributed by atoms with Crippen LogP contribution in [0.3, 0.4) is 0 Å². The van der Waals surface area contributed by atoms with Crippen molar-refractivity contribution in [1.82, 2.24) is 0 Å². The lowest BCUT2D eigenvalue weighted by Gasteiger charge is -2.21. The molecule has 4 aromatic rings. The van der Waals surface area contributed by atoms with Gasteiger partial charge in [0.2, 0.25) is 0 Å². The normalized spacial score (nSPS) is 12.6. The second kappa shape index (κ2) is 7.24. The van der Waals surface area contributed by atoms with Crippen LogP contribution >= 0.6 is 10.5 Å². The molecule has 0 N–H and O–H groups in total. The lowest BCUT2D eigenvalue weighted by Crippen LogP contribution is -2.24. The van der Waals surface area contributed by atoms with E-state index in [0.29, 0.717) is 5.56 Å². The molecule has 0 amide bonds. The van der Waals surface area contributed by atoms with Crippen molar-refractivity contribution in [1.29, 1.82) is 0 Å². The van der Waals surface area contributed by atoms with E-state index in [1.807, 2.05) is 34.6 Å². The molecule has 0 spiro atoms. The fourth-order valence-corrected chi connectivity index (χ4v) is 6.91. The van der Waals surface area contributed by atoms with E-state index in [9.17, 15) is 4.79 Å². The van der Waals surface area contributed by atoms with Crippen molar-refractivity contribution >= 4 is 37.3 Å². The summed E-state index contributed by atoms with van der Waals surface area (Å²) in [5, 5.41) is 3.97. The minimum absolute atomic E-state index is 0.130. The Morgan fingerprint density at radius 3 is 2.17 bits per heavy atom. The van der Waals surface area contributed by atoms with Crippen LogP contribution in [0.25, 0.3) is 25.8 Å². The van der Waals surface area contributed by atoms with Crippen LogP contribution in [0.1, 0.15) is 52.7 Å². The number of thiophene rings is 1. The molecular weight excluding hydrogens is 388 g/mol. The fourth-order valence-electron chi connectivity index (χ4n) is 4.30. The van der Waals surface area contributed by atoms with Crippen molar-refractivity contribution in [2.75, 3.05) is 0 Å². The summed E-state index contributed by atoms with van der Waals surface area (Å²) in [6.45, 7) is 14.2. The summed E-state index contributed by atoms with van der Waals surface area (Å²) in [5.41, 5.74) is 3.52. The molecular formula is C27H29O2S+. The van der Waals surface area contributed by atoms with Gasteiger partial charge in [-0.2, -0.15) is 0 Å². The maximum Gasteiger partial charge on any atom is 0.339 e. The molecule has 154 valence electrons. The summed E-state index contributed by atoms with van der Waals surface area (Å²) in [6.07, 6.45) is 0. The predicted molar refractivity (Wildman–Crippen MR) is 129 cm³/mol. The molecule has 30 heavy (non-hydrogen) atoms. The lowest BCUT2D eigenvalue weighted by molar-refractivity contribution is 0.00680. The summed E-state index contributed by atoms with van der Waals surface area (Å²) in [5.74, 6) is -0.242. The average Bonchev–Trinajstić information content (AvgIpc) is 2.90. The van der Waals surface area contributed by atoms with Gasteiger partial charge >= 0.3 is 5.97 Å². The van der Waals surface area contributed by atoms with Gasteiger partial charge in [0.25, 0.3) is 0 Å². The van der Waals surface area contributed by atoms with Gasteiger partial charge in [-0.15, -0.1) is 0 Å². The highest BCUT2D eigenvalue weighted by molar-refractivity contribution is 7.45.